The van der Waals surface area contributed by atoms with Gasteiger partial charge in [-0.2, -0.15) is 0 Å². The van der Waals surface area contributed by atoms with Crippen molar-refractivity contribution in [1.82, 2.24) is 0 Å². The summed E-state index contributed by atoms with van der Waals surface area (Å²) in [5.74, 6) is -0.370. The molecule has 0 saturated heterocycles. The molecule has 0 rings (SSSR count). The molecule has 3 heteroatoms. The molecule has 0 radical (unpaired) electrons. The second-order valence-electron chi connectivity index (χ2n) is 3.10. The Kier molecular flexibility index (Phi) is 8.30. The van der Waals surface area contributed by atoms with Gasteiger partial charge in [-0.3, -0.25) is 9.59 Å². The number of hydrogen-bond donors (Lipinski definition) is 0. The molecule has 0 aromatic rings. The molecule has 0 unspecified atom stereocenters. The summed E-state index contributed by atoms with van der Waals surface area (Å²) >= 11 is 3.28. The summed E-state index contributed by atoms with van der Waals surface area (Å²) in [6.07, 6.45) is 4.45. The molecular formula is C10H17BrO2. The largest absolute Gasteiger partial charge is 0.291 e. The summed E-state index contributed by atoms with van der Waals surface area (Å²) in [6.45, 7) is 2.02. The van der Waals surface area contributed by atoms with E-state index >= 15 is 0 Å². The van der Waals surface area contributed by atoms with Crippen molar-refractivity contribution in [2.45, 2.75) is 45.4 Å². The lowest BCUT2D eigenvalue weighted by molar-refractivity contribution is -0.136. The van der Waals surface area contributed by atoms with Crippen LogP contribution < -0.4 is 0 Å². The molecular weight excluding hydrogens is 232 g/mol. The van der Waals surface area contributed by atoms with Crippen LogP contribution in [0.3, 0.4) is 0 Å². The quantitative estimate of drug-likeness (QED) is 0.376. The predicted molar refractivity (Wildman–Crippen MR) is 57.2 cm³/mol. The number of halogens is 1. The van der Waals surface area contributed by atoms with Crippen molar-refractivity contribution >= 4 is 27.5 Å². The van der Waals surface area contributed by atoms with Crippen LogP contribution in [0, 0.1) is 0 Å². The lowest BCUT2D eigenvalue weighted by atomic mass is 10.1. The van der Waals surface area contributed by atoms with Crippen LogP contribution in [0.4, 0.5) is 0 Å². The smallest absolute Gasteiger partial charge is 0.198 e. The van der Waals surface area contributed by atoms with E-state index in [2.05, 4.69) is 15.9 Å². The van der Waals surface area contributed by atoms with Crippen LogP contribution in [-0.2, 0) is 9.59 Å². The van der Waals surface area contributed by atoms with Crippen molar-refractivity contribution in [1.29, 1.82) is 0 Å². The number of hydrogen-bond acceptors (Lipinski definition) is 2. The fraction of sp³-hybridized carbons (Fsp3) is 0.800. The Labute approximate surface area is 88.2 Å². The molecule has 0 spiro atoms. The summed E-state index contributed by atoms with van der Waals surface area (Å²) < 4.78 is 0. The Morgan fingerprint density at radius 3 is 2.00 bits per heavy atom. The topological polar surface area (TPSA) is 34.1 Å². The third-order valence-electron chi connectivity index (χ3n) is 1.86. The predicted octanol–water partition coefficient (Wildman–Crippen LogP) is 2.88. The third kappa shape index (κ3) is 6.94. The van der Waals surface area contributed by atoms with Crippen LogP contribution in [0.5, 0.6) is 0 Å². The first-order valence-corrected chi connectivity index (χ1v) is 5.96. The van der Waals surface area contributed by atoms with Crippen molar-refractivity contribution < 1.29 is 9.59 Å². The molecule has 76 valence electrons. The highest BCUT2D eigenvalue weighted by Gasteiger charge is 2.11. The first kappa shape index (κ1) is 12.8. The normalized spacial score (nSPS) is 10.0. The highest BCUT2D eigenvalue weighted by Crippen LogP contribution is 2.03. The summed E-state index contributed by atoms with van der Waals surface area (Å²) in [6, 6.07) is 0. The number of alkyl halides is 1. The molecule has 0 N–H and O–H groups in total. The Bertz CT molecular complexity index is 166. The molecule has 0 fully saturated rings. The van der Waals surface area contributed by atoms with Crippen LogP contribution in [0.2, 0.25) is 0 Å². The molecule has 0 atom stereocenters. The summed E-state index contributed by atoms with van der Waals surface area (Å²) in [7, 11) is 0. The van der Waals surface area contributed by atoms with Crippen molar-refractivity contribution in [3.8, 4) is 0 Å². The highest BCUT2D eigenvalue weighted by atomic mass is 79.9. The Hall–Kier alpha value is -0.180. The van der Waals surface area contributed by atoms with E-state index in [1.807, 2.05) is 6.92 Å². The van der Waals surface area contributed by atoms with Gasteiger partial charge >= 0.3 is 0 Å². The number of carbonyl (C=O) groups is 2. The first-order chi connectivity index (χ1) is 6.22. The maximum atomic E-state index is 11.2. The van der Waals surface area contributed by atoms with Gasteiger partial charge in [-0.1, -0.05) is 29.3 Å². The Balaban J connectivity index is 3.51. The maximum Gasteiger partial charge on any atom is 0.198 e. The van der Waals surface area contributed by atoms with Crippen molar-refractivity contribution in [2.75, 3.05) is 5.33 Å². The molecule has 0 amide bonds. The van der Waals surface area contributed by atoms with Gasteiger partial charge in [0.25, 0.3) is 0 Å². The van der Waals surface area contributed by atoms with E-state index in [-0.39, 0.29) is 11.6 Å². The molecule has 0 aliphatic rings. The minimum Gasteiger partial charge on any atom is -0.291 e. The van der Waals surface area contributed by atoms with Crippen molar-refractivity contribution in [3.05, 3.63) is 0 Å². The fourth-order valence-corrected chi connectivity index (χ4v) is 1.39. The van der Waals surface area contributed by atoms with E-state index in [0.29, 0.717) is 12.8 Å². The molecule has 0 aromatic heterocycles. The molecule has 0 aromatic carbocycles. The van der Waals surface area contributed by atoms with Gasteiger partial charge in [-0.05, 0) is 19.3 Å². The first-order valence-electron chi connectivity index (χ1n) is 4.84. The number of rotatable bonds is 8. The van der Waals surface area contributed by atoms with Gasteiger partial charge in [-0.25, -0.2) is 0 Å². The number of carbonyl (C=O) groups excluding carboxylic acids is 2. The zero-order valence-corrected chi connectivity index (χ0v) is 9.73. The van der Waals surface area contributed by atoms with Crippen molar-refractivity contribution in [2.24, 2.45) is 0 Å². The van der Waals surface area contributed by atoms with Gasteiger partial charge in [-0.15, -0.1) is 0 Å². The molecule has 0 bridgehead atoms. The van der Waals surface area contributed by atoms with Crippen LogP contribution >= 0.6 is 15.9 Å². The molecule has 13 heavy (non-hydrogen) atoms. The van der Waals surface area contributed by atoms with E-state index < -0.39 is 0 Å². The number of ketones is 2. The minimum absolute atomic E-state index is 0.184. The monoisotopic (exact) mass is 248 g/mol. The molecule has 0 aliphatic heterocycles. The van der Waals surface area contributed by atoms with E-state index in [1.165, 1.54) is 0 Å². The van der Waals surface area contributed by atoms with E-state index in [9.17, 15) is 9.59 Å². The van der Waals surface area contributed by atoms with Crippen LogP contribution in [0.15, 0.2) is 0 Å². The average Bonchev–Trinajstić information content (AvgIpc) is 2.14. The van der Waals surface area contributed by atoms with Gasteiger partial charge in [0.1, 0.15) is 0 Å². The lowest BCUT2D eigenvalue weighted by Gasteiger charge is -1.98. The molecule has 0 aliphatic carbocycles. The van der Waals surface area contributed by atoms with E-state index in [1.54, 1.807) is 0 Å². The zero-order valence-electron chi connectivity index (χ0n) is 8.14. The SMILES string of the molecule is CCCCC(=O)C(=O)CCCCBr. The second kappa shape index (κ2) is 8.42. The van der Waals surface area contributed by atoms with E-state index in [4.69, 9.17) is 0 Å². The van der Waals surface area contributed by atoms with Crippen LogP contribution in [0.25, 0.3) is 0 Å². The van der Waals surface area contributed by atoms with Gasteiger partial charge in [0.2, 0.25) is 0 Å². The summed E-state index contributed by atoms with van der Waals surface area (Å²) in [5, 5.41) is 0.906. The summed E-state index contributed by atoms with van der Waals surface area (Å²) in [4.78, 5) is 22.3. The number of unbranched alkanes of at least 4 members (excludes halogenated alkanes) is 2. The lowest BCUT2D eigenvalue weighted by Crippen LogP contribution is -2.13. The Morgan fingerprint density at radius 2 is 1.54 bits per heavy atom. The van der Waals surface area contributed by atoms with E-state index in [0.717, 1.165) is 31.0 Å². The van der Waals surface area contributed by atoms with Crippen LogP contribution in [0.1, 0.15) is 45.4 Å². The molecule has 0 heterocycles. The highest BCUT2D eigenvalue weighted by molar-refractivity contribution is 9.09. The number of Topliss-reactive ketones (excluding diaryl/α,β-unsaturated/α-hetero) is 2. The molecule has 2 nitrogen and oxygen atoms in total. The Morgan fingerprint density at radius 1 is 1.00 bits per heavy atom. The average molecular weight is 249 g/mol. The summed E-state index contributed by atoms with van der Waals surface area (Å²) in [5.41, 5.74) is 0. The molecule has 0 saturated carbocycles. The standard InChI is InChI=1S/C10H17BrO2/c1-2-3-6-9(12)10(13)7-4-5-8-11/h2-8H2,1H3. The zero-order chi connectivity index (χ0) is 10.1. The third-order valence-corrected chi connectivity index (χ3v) is 2.42. The minimum atomic E-state index is -0.186. The van der Waals surface area contributed by atoms with Gasteiger partial charge < -0.3 is 0 Å². The fourth-order valence-electron chi connectivity index (χ4n) is 0.996. The van der Waals surface area contributed by atoms with Crippen molar-refractivity contribution in [3.63, 3.8) is 0 Å². The maximum absolute atomic E-state index is 11.2. The van der Waals surface area contributed by atoms with Gasteiger partial charge in [0.15, 0.2) is 11.6 Å². The van der Waals surface area contributed by atoms with Crippen LogP contribution in [-0.4, -0.2) is 16.9 Å². The van der Waals surface area contributed by atoms with Gasteiger partial charge in [0.05, 0.1) is 0 Å². The second-order valence-corrected chi connectivity index (χ2v) is 3.89. The van der Waals surface area contributed by atoms with Gasteiger partial charge in [0, 0.05) is 18.2 Å².